The normalized spacial score (nSPS) is 20.3. The number of nitrogens with one attached hydrogen (secondary N) is 1. The van der Waals surface area contributed by atoms with Gasteiger partial charge in [0.2, 0.25) is 0 Å². The van der Waals surface area contributed by atoms with Crippen LogP contribution in [0, 0.1) is 0 Å². The van der Waals surface area contributed by atoms with E-state index in [0.29, 0.717) is 6.04 Å². The molecule has 5 heteroatoms. The molecule has 4 nitrogen and oxygen atoms in total. The van der Waals surface area contributed by atoms with Gasteiger partial charge in [0.25, 0.3) is 0 Å². The molecule has 17 heavy (non-hydrogen) atoms. The van der Waals surface area contributed by atoms with Gasteiger partial charge in [-0.3, -0.25) is 0 Å². The fourth-order valence-electron chi connectivity index (χ4n) is 2.04. The van der Waals surface area contributed by atoms with E-state index in [0.717, 1.165) is 31.6 Å². The summed E-state index contributed by atoms with van der Waals surface area (Å²) in [6.45, 7) is 6.62. The number of nitrogens with zero attached hydrogens (tertiary/aromatic N) is 1. The third-order valence-electron chi connectivity index (χ3n) is 2.84. The molecular weight excluding hydrogens is 215 g/mol. The maximum absolute atomic E-state index is 5.66. The Morgan fingerprint density at radius 3 is 2.53 bits per heavy atom. The molecule has 0 radical (unpaired) electrons. The number of piperazine rings is 1. The molecule has 1 fully saturated rings. The summed E-state index contributed by atoms with van der Waals surface area (Å²) in [5, 5.41) is 3.45. The summed E-state index contributed by atoms with van der Waals surface area (Å²) in [6.07, 6.45) is 0. The van der Waals surface area contributed by atoms with E-state index in [1.54, 1.807) is 0 Å². The van der Waals surface area contributed by atoms with Crippen molar-refractivity contribution >= 4 is 13.3 Å². The van der Waals surface area contributed by atoms with E-state index in [1.165, 1.54) is 5.56 Å². The van der Waals surface area contributed by atoms with Gasteiger partial charge in [-0.05, 0) is 0 Å². The van der Waals surface area contributed by atoms with Crippen molar-refractivity contribution in [2.24, 2.45) is 0 Å². The molecule has 1 aliphatic heterocycles. The number of hydrogen-bond acceptors (Lipinski definition) is 4. The van der Waals surface area contributed by atoms with Gasteiger partial charge in [-0.15, -0.1) is 0 Å². The van der Waals surface area contributed by atoms with Gasteiger partial charge in [-0.1, -0.05) is 0 Å². The summed E-state index contributed by atoms with van der Waals surface area (Å²) in [5.41, 5.74) is 2.19. The van der Waals surface area contributed by atoms with Crippen molar-refractivity contribution in [3.05, 3.63) is 29.8 Å². The van der Waals surface area contributed by atoms with Crippen LogP contribution < -0.4 is 10.8 Å². The van der Waals surface area contributed by atoms with Crippen LogP contribution in [0.3, 0.4) is 0 Å². The second-order valence-corrected chi connectivity index (χ2v) is 4.33. The molecule has 0 bridgehead atoms. The fraction of sp³-hybridized carbons (Fsp3) is 0.500. The first kappa shape index (κ1) is 16.1. The zero-order valence-electron chi connectivity index (χ0n) is 10.1. The molecule has 0 aromatic heterocycles. The van der Waals surface area contributed by atoms with E-state index >= 15 is 0 Å². The van der Waals surface area contributed by atoms with E-state index in [1.807, 2.05) is 12.1 Å². The first-order valence-electron chi connectivity index (χ1n) is 5.54. The minimum absolute atomic E-state index is 0. The largest absolute Gasteiger partial charge is 0.870 e. The predicted octanol–water partition coefficient (Wildman–Crippen LogP) is -0.0795. The molecule has 1 aromatic carbocycles. The Balaban J connectivity index is 0.00000128. The van der Waals surface area contributed by atoms with Crippen LogP contribution in [-0.2, 0) is 6.54 Å². The van der Waals surface area contributed by atoms with Gasteiger partial charge < -0.3 is 11.0 Å². The minimum Gasteiger partial charge on any atom is -0.870 e. The zero-order chi connectivity index (χ0) is 10.7. The van der Waals surface area contributed by atoms with Crippen LogP contribution in [0.15, 0.2) is 24.3 Å². The zero-order valence-corrected chi connectivity index (χ0v) is 10.1. The molecule has 0 amide bonds. The SMILES string of the molecule is [B+2]c1ccc(CN2CCN[C@H](C)C2)cc1.[OH-].[OH-]. The fourth-order valence-corrected chi connectivity index (χ4v) is 2.04. The van der Waals surface area contributed by atoms with Crippen molar-refractivity contribution in [3.8, 4) is 0 Å². The number of rotatable bonds is 2. The summed E-state index contributed by atoms with van der Waals surface area (Å²) in [4.78, 5) is 2.48. The van der Waals surface area contributed by atoms with Crippen molar-refractivity contribution in [1.82, 2.24) is 10.2 Å². The quantitative estimate of drug-likeness (QED) is 0.726. The molecule has 92 valence electrons. The maximum Gasteiger partial charge on any atom is -0.870 e. The molecule has 2 rings (SSSR count). The molecule has 0 unspecified atom stereocenters. The number of hydrogen-bond donors (Lipinski definition) is 1. The van der Waals surface area contributed by atoms with Gasteiger partial charge in [0, 0.05) is 0 Å². The Morgan fingerprint density at radius 1 is 1.29 bits per heavy atom. The van der Waals surface area contributed by atoms with Crippen LogP contribution in [0.1, 0.15) is 12.5 Å². The molecular formula is C12H19BN2O2. The van der Waals surface area contributed by atoms with Gasteiger partial charge in [0.1, 0.15) is 0 Å². The maximum atomic E-state index is 5.66. The third-order valence-corrected chi connectivity index (χ3v) is 2.84. The molecule has 1 heterocycles. The van der Waals surface area contributed by atoms with Crippen LogP contribution in [0.25, 0.3) is 0 Å². The van der Waals surface area contributed by atoms with E-state index in [2.05, 4.69) is 29.3 Å². The average molecular weight is 234 g/mol. The topological polar surface area (TPSA) is 75.3 Å². The Hall–Kier alpha value is -0.875. The van der Waals surface area contributed by atoms with Gasteiger partial charge in [-0.2, -0.15) is 0 Å². The third kappa shape index (κ3) is 4.87. The van der Waals surface area contributed by atoms with Crippen LogP contribution in [0.4, 0.5) is 0 Å². The molecule has 0 aliphatic carbocycles. The van der Waals surface area contributed by atoms with Crippen molar-refractivity contribution in [3.63, 3.8) is 0 Å². The van der Waals surface area contributed by atoms with E-state index in [4.69, 9.17) is 7.85 Å². The van der Waals surface area contributed by atoms with Crippen molar-refractivity contribution in [2.45, 2.75) is 19.5 Å². The van der Waals surface area contributed by atoms with E-state index in [9.17, 15) is 0 Å². The molecule has 0 spiro atoms. The smallest absolute Gasteiger partial charge is 0.870 e. The second kappa shape index (κ2) is 7.45. The average Bonchev–Trinajstić information content (AvgIpc) is 2.22. The Morgan fingerprint density at radius 2 is 1.94 bits per heavy atom. The van der Waals surface area contributed by atoms with Crippen molar-refractivity contribution < 1.29 is 11.0 Å². The molecule has 1 atom stereocenters. The first-order chi connectivity index (χ1) is 7.24. The first-order valence-corrected chi connectivity index (χ1v) is 5.54. The van der Waals surface area contributed by atoms with Gasteiger partial charge in [-0.25, -0.2) is 0 Å². The van der Waals surface area contributed by atoms with Gasteiger partial charge in [0.15, 0.2) is 0 Å². The summed E-state index contributed by atoms with van der Waals surface area (Å²) < 4.78 is 0. The Bertz CT molecular complexity index is 319. The van der Waals surface area contributed by atoms with Gasteiger partial charge in [0.05, 0.1) is 0 Å². The van der Waals surface area contributed by atoms with Crippen LogP contribution in [0.5, 0.6) is 0 Å². The van der Waals surface area contributed by atoms with Crippen LogP contribution >= 0.6 is 0 Å². The van der Waals surface area contributed by atoms with Crippen molar-refractivity contribution in [1.29, 1.82) is 0 Å². The summed E-state index contributed by atoms with van der Waals surface area (Å²) in [7, 11) is 5.66. The van der Waals surface area contributed by atoms with E-state index in [-0.39, 0.29) is 11.0 Å². The Kier molecular flexibility index (Phi) is 7.07. The summed E-state index contributed by atoms with van der Waals surface area (Å²) >= 11 is 0. The molecule has 3 N–H and O–H groups in total. The Labute approximate surface area is 104 Å². The molecule has 1 saturated heterocycles. The van der Waals surface area contributed by atoms with Crippen LogP contribution in [-0.4, -0.2) is 49.4 Å². The minimum atomic E-state index is 0. The van der Waals surface area contributed by atoms with Gasteiger partial charge >= 0.3 is 92.5 Å². The monoisotopic (exact) mass is 234 g/mol. The number of benzene rings is 1. The molecule has 1 aliphatic rings. The molecule has 0 saturated carbocycles. The second-order valence-electron chi connectivity index (χ2n) is 4.33. The predicted molar refractivity (Wildman–Crippen MR) is 68.4 cm³/mol. The molecule has 1 aromatic rings. The van der Waals surface area contributed by atoms with E-state index < -0.39 is 0 Å². The van der Waals surface area contributed by atoms with Crippen LogP contribution in [0.2, 0.25) is 0 Å². The summed E-state index contributed by atoms with van der Waals surface area (Å²) in [5.74, 6) is 0. The summed E-state index contributed by atoms with van der Waals surface area (Å²) in [6, 6.07) is 8.78. The standard InChI is InChI=1S/C12H17BN2.2H2O/c1-10-8-15(7-6-14-10)9-11-2-4-12(13)5-3-11;;/h2-5,10,14H,6-9H2,1H3;2*1H2/q+2;;/p-2/t10-;;/m1../s1. The van der Waals surface area contributed by atoms with Crippen molar-refractivity contribution in [2.75, 3.05) is 19.6 Å².